The monoisotopic (exact) mass is 741 g/mol. The summed E-state index contributed by atoms with van der Waals surface area (Å²) >= 11 is 0. The van der Waals surface area contributed by atoms with E-state index in [1.54, 1.807) is 46.1 Å². The first-order valence-electron chi connectivity index (χ1n) is 18.8. The van der Waals surface area contributed by atoms with Crippen LogP contribution in [0.5, 0.6) is 11.5 Å². The highest BCUT2D eigenvalue weighted by atomic mass is 16.5. The number of carbonyl (C=O) groups is 5. The third-order valence-corrected chi connectivity index (χ3v) is 10.6. The Labute approximate surface area is 316 Å². The minimum atomic E-state index is -1.09. The van der Waals surface area contributed by atoms with E-state index in [0.717, 1.165) is 37.7 Å². The first-order valence-corrected chi connectivity index (χ1v) is 18.8. The average Bonchev–Trinajstić information content (AvgIpc) is 3.61. The first-order chi connectivity index (χ1) is 25.9. The highest BCUT2D eigenvalue weighted by molar-refractivity contribution is 6.04. The van der Waals surface area contributed by atoms with Gasteiger partial charge in [0.25, 0.3) is 0 Å². The fraction of sp³-hybridized carbons (Fsp3) is 0.476. The number of esters is 1. The summed E-state index contributed by atoms with van der Waals surface area (Å²) in [5, 5.41) is 16.1. The van der Waals surface area contributed by atoms with Crippen LogP contribution in [0.4, 0.5) is 0 Å². The topological polar surface area (TPSA) is 170 Å². The zero-order valence-corrected chi connectivity index (χ0v) is 31.6. The van der Waals surface area contributed by atoms with Crippen molar-refractivity contribution in [1.29, 1.82) is 0 Å². The van der Waals surface area contributed by atoms with Crippen LogP contribution in [0, 0.1) is 23.7 Å². The molecule has 0 aliphatic heterocycles. The first kappa shape index (κ1) is 39.9. The van der Waals surface area contributed by atoms with Crippen molar-refractivity contribution in [3.63, 3.8) is 0 Å². The molecule has 3 aromatic rings. The van der Waals surface area contributed by atoms with E-state index in [2.05, 4.69) is 10.6 Å². The minimum absolute atomic E-state index is 0.0791. The number of pyridine rings is 1. The summed E-state index contributed by atoms with van der Waals surface area (Å²) in [6.07, 6.45) is 5.42. The zero-order valence-electron chi connectivity index (χ0n) is 31.6. The normalized spacial score (nSPS) is 19.0. The second-order valence-corrected chi connectivity index (χ2v) is 14.5. The molecule has 0 bridgehead atoms. The van der Waals surface area contributed by atoms with Crippen LogP contribution in [0.25, 0.3) is 22.2 Å². The van der Waals surface area contributed by atoms with E-state index in [-0.39, 0.29) is 36.7 Å². The van der Waals surface area contributed by atoms with Gasteiger partial charge in [-0.3, -0.25) is 19.2 Å². The molecule has 1 saturated carbocycles. The lowest BCUT2D eigenvalue weighted by Gasteiger charge is -2.31. The van der Waals surface area contributed by atoms with Crippen molar-refractivity contribution in [3.05, 3.63) is 66.2 Å². The molecule has 3 N–H and O–H groups in total. The Kier molecular flexibility index (Phi) is 13.4. The number of benzene rings is 2. The van der Waals surface area contributed by atoms with Gasteiger partial charge in [0.05, 0.1) is 37.3 Å². The molecule has 2 aromatic carbocycles. The van der Waals surface area contributed by atoms with Gasteiger partial charge in [0.1, 0.15) is 35.5 Å². The lowest BCUT2D eigenvalue weighted by Crippen LogP contribution is -2.56. The Morgan fingerprint density at radius 1 is 0.944 bits per heavy atom. The maximum absolute atomic E-state index is 14.2. The zero-order chi connectivity index (χ0) is 38.9. The smallest absolute Gasteiger partial charge is 0.328 e. The van der Waals surface area contributed by atoms with Crippen LogP contribution in [0.1, 0.15) is 72.1 Å². The van der Waals surface area contributed by atoms with Gasteiger partial charge in [-0.15, -0.1) is 0 Å². The highest BCUT2D eigenvalue weighted by Gasteiger charge is 2.40. The molecule has 2 unspecified atom stereocenters. The van der Waals surface area contributed by atoms with Crippen molar-refractivity contribution in [2.75, 3.05) is 14.2 Å². The molecule has 0 saturated heterocycles. The SMILES string of the molecule is CC[C@H](CC(=O)C1CC(Oc2cc(-c3ccccc3)nc3cc(OC)ccc23)C=C1C(=O)N[C@H](C(=O)N[C@H](C(=O)OC)C1CCCCC1)C(C)C)C(=O)O. The Morgan fingerprint density at radius 3 is 2.30 bits per heavy atom. The number of hydrogen-bond donors (Lipinski definition) is 3. The summed E-state index contributed by atoms with van der Waals surface area (Å²) < 4.78 is 17.1. The van der Waals surface area contributed by atoms with Gasteiger partial charge in [0, 0.05) is 41.5 Å². The molecule has 5 atom stereocenters. The van der Waals surface area contributed by atoms with Gasteiger partial charge in [-0.2, -0.15) is 0 Å². The number of Topliss-reactive ketones (excluding diaryl/α,β-unsaturated/α-hetero) is 1. The van der Waals surface area contributed by atoms with Crippen molar-refractivity contribution in [3.8, 4) is 22.8 Å². The number of carboxylic acids is 1. The Balaban J connectivity index is 1.46. The molecule has 12 nitrogen and oxygen atoms in total. The van der Waals surface area contributed by atoms with Crippen molar-refractivity contribution in [2.24, 2.45) is 23.7 Å². The molecule has 2 aliphatic carbocycles. The summed E-state index contributed by atoms with van der Waals surface area (Å²) in [6.45, 7) is 5.26. The van der Waals surface area contributed by atoms with E-state index in [4.69, 9.17) is 19.2 Å². The van der Waals surface area contributed by atoms with Gasteiger partial charge in [-0.1, -0.05) is 70.4 Å². The predicted molar refractivity (Wildman–Crippen MR) is 203 cm³/mol. The lowest BCUT2D eigenvalue weighted by molar-refractivity contribution is -0.147. The van der Waals surface area contributed by atoms with Crippen LogP contribution in [0.3, 0.4) is 0 Å². The molecule has 1 fully saturated rings. The number of aromatic nitrogens is 1. The van der Waals surface area contributed by atoms with E-state index in [0.29, 0.717) is 28.1 Å². The number of nitrogens with one attached hydrogen (secondary N) is 2. The number of carbonyl (C=O) groups excluding carboxylic acids is 4. The van der Waals surface area contributed by atoms with Gasteiger partial charge in [-0.05, 0) is 49.3 Å². The van der Waals surface area contributed by atoms with Crippen molar-refractivity contribution < 1.29 is 43.3 Å². The summed E-state index contributed by atoms with van der Waals surface area (Å²) in [4.78, 5) is 71.4. The molecule has 54 heavy (non-hydrogen) atoms. The van der Waals surface area contributed by atoms with Crippen molar-refractivity contribution >= 4 is 40.4 Å². The van der Waals surface area contributed by atoms with Gasteiger partial charge >= 0.3 is 11.9 Å². The largest absolute Gasteiger partial charge is 0.497 e. The van der Waals surface area contributed by atoms with E-state index in [9.17, 15) is 29.1 Å². The average molecular weight is 742 g/mol. The number of aliphatic carboxylic acids is 1. The Hall–Kier alpha value is -5.26. The molecule has 0 radical (unpaired) electrons. The number of ether oxygens (including phenoxy) is 3. The third-order valence-electron chi connectivity index (χ3n) is 10.6. The van der Waals surface area contributed by atoms with Crippen LogP contribution < -0.4 is 20.1 Å². The van der Waals surface area contributed by atoms with Crippen LogP contribution in [-0.2, 0) is 28.7 Å². The van der Waals surface area contributed by atoms with Crippen molar-refractivity contribution in [2.45, 2.75) is 90.3 Å². The maximum Gasteiger partial charge on any atom is 0.328 e. The molecular weight excluding hydrogens is 690 g/mol. The number of nitrogens with zero attached hydrogens (tertiary/aromatic N) is 1. The van der Waals surface area contributed by atoms with Crippen LogP contribution in [0.15, 0.2) is 66.2 Å². The van der Waals surface area contributed by atoms with E-state index < -0.39 is 59.6 Å². The second kappa shape index (κ2) is 18.2. The quantitative estimate of drug-likeness (QED) is 0.147. The summed E-state index contributed by atoms with van der Waals surface area (Å²) in [7, 11) is 2.86. The second-order valence-electron chi connectivity index (χ2n) is 14.5. The third kappa shape index (κ3) is 9.45. The molecule has 2 amide bonds. The predicted octanol–water partition coefficient (Wildman–Crippen LogP) is 6.05. The van der Waals surface area contributed by atoms with Gasteiger partial charge in [-0.25, -0.2) is 9.78 Å². The van der Waals surface area contributed by atoms with Crippen molar-refractivity contribution in [1.82, 2.24) is 15.6 Å². The number of amides is 2. The number of rotatable bonds is 16. The number of methoxy groups -OCH3 is 2. The van der Waals surface area contributed by atoms with Crippen LogP contribution in [0.2, 0.25) is 0 Å². The highest BCUT2D eigenvalue weighted by Crippen LogP contribution is 2.37. The summed E-state index contributed by atoms with van der Waals surface area (Å²) in [5.41, 5.74) is 2.23. The molecular formula is C42H51N3O9. The maximum atomic E-state index is 14.2. The van der Waals surface area contributed by atoms with E-state index in [1.165, 1.54) is 7.11 Å². The van der Waals surface area contributed by atoms with E-state index in [1.807, 2.05) is 42.5 Å². The fourth-order valence-electron chi connectivity index (χ4n) is 7.44. The van der Waals surface area contributed by atoms with Gasteiger partial charge < -0.3 is 30.0 Å². The van der Waals surface area contributed by atoms with Gasteiger partial charge in [0.2, 0.25) is 11.8 Å². The molecule has 12 heteroatoms. The Morgan fingerprint density at radius 2 is 1.67 bits per heavy atom. The molecule has 1 aromatic heterocycles. The lowest BCUT2D eigenvalue weighted by atomic mass is 9.83. The number of ketones is 1. The number of fused-ring (bicyclic) bond motifs is 1. The molecule has 1 heterocycles. The van der Waals surface area contributed by atoms with E-state index >= 15 is 0 Å². The van der Waals surface area contributed by atoms with Crippen LogP contribution >= 0.6 is 0 Å². The summed E-state index contributed by atoms with van der Waals surface area (Å²) in [5.74, 6) is -4.47. The minimum Gasteiger partial charge on any atom is -0.497 e. The fourth-order valence-corrected chi connectivity index (χ4v) is 7.44. The Bertz CT molecular complexity index is 1870. The molecule has 5 rings (SSSR count). The number of carboxylic acid groups (broad SMARTS) is 1. The summed E-state index contributed by atoms with van der Waals surface area (Å²) in [6, 6.07) is 14.9. The molecule has 2 aliphatic rings. The molecule has 288 valence electrons. The van der Waals surface area contributed by atoms with Crippen LogP contribution in [-0.4, -0.2) is 72.0 Å². The van der Waals surface area contributed by atoms with Gasteiger partial charge in [0.15, 0.2) is 0 Å². The number of hydrogen-bond acceptors (Lipinski definition) is 9. The standard InChI is InChI=1S/C42H51N3O9/c1-6-25(41(49)50)19-35(46)31-20-29(54-36-23-33(26-13-9-7-10-14-26)43-34-22-28(52-4)17-18-30(34)36)21-32(31)39(47)44-37(24(2)3)40(48)45-38(42(51)53-5)27-15-11-8-12-16-27/h7,9-10,13-14,17-18,21-25,27,29,31,37-38H,6,8,11-12,15-16,19-20H2,1-5H3,(H,44,47)(H,45,48)(H,49,50)/t25-,29?,31?,37+,38+/m1/s1. The molecule has 0 spiro atoms.